The van der Waals surface area contributed by atoms with Gasteiger partial charge in [0.1, 0.15) is 12.2 Å². The molecule has 0 spiro atoms. The topological polar surface area (TPSA) is 36.9 Å². The zero-order valence-electron chi connectivity index (χ0n) is 16.6. The second-order valence-corrected chi connectivity index (χ2v) is 8.34. The van der Waals surface area contributed by atoms with E-state index in [1.165, 1.54) is 22.3 Å². The van der Waals surface area contributed by atoms with Crippen LogP contribution in [0.25, 0.3) is 0 Å². The molecule has 1 aliphatic heterocycles. The van der Waals surface area contributed by atoms with Crippen molar-refractivity contribution in [2.45, 2.75) is 76.5 Å². The van der Waals surface area contributed by atoms with Crippen molar-refractivity contribution in [2.24, 2.45) is 0 Å². The minimum Gasteiger partial charge on any atom is -0.343 e. The number of hydrogen-bond donors (Lipinski definition) is 0. The molecule has 0 bridgehead atoms. The highest BCUT2D eigenvalue weighted by atomic mass is 16.8. The van der Waals surface area contributed by atoms with Crippen LogP contribution in [0.5, 0.6) is 0 Å². The van der Waals surface area contributed by atoms with Gasteiger partial charge in [0.2, 0.25) is 0 Å². The minimum absolute atomic E-state index is 0.0510. The smallest absolute Gasteiger partial charge is 0.195 e. The van der Waals surface area contributed by atoms with E-state index in [1.807, 2.05) is 0 Å². The van der Waals surface area contributed by atoms with Crippen LogP contribution in [0, 0.1) is 13.8 Å². The standard InChI is InChI=1S/C24H28O4/c1-17-7-3-5-9-19(17)15-25-23-13-11-21(23)28-24(14-12-22(24)27-23)26-16-20-10-6-4-8-18(20)2/h3-10,21-22H,11-16H2,1-2H3/t21-,22-,23+,24+/m0/s1. The van der Waals surface area contributed by atoms with Gasteiger partial charge in [-0.2, -0.15) is 0 Å². The van der Waals surface area contributed by atoms with Crippen molar-refractivity contribution < 1.29 is 18.9 Å². The van der Waals surface area contributed by atoms with E-state index in [0.717, 1.165) is 25.7 Å². The molecule has 4 nitrogen and oxygen atoms in total. The van der Waals surface area contributed by atoms with Crippen molar-refractivity contribution in [2.75, 3.05) is 0 Å². The van der Waals surface area contributed by atoms with Gasteiger partial charge in [0.15, 0.2) is 11.6 Å². The predicted octanol–water partition coefficient (Wildman–Crippen LogP) is 4.80. The minimum atomic E-state index is -0.608. The first kappa shape index (κ1) is 18.3. The molecule has 2 aliphatic carbocycles. The van der Waals surface area contributed by atoms with Crippen LogP contribution in [0.2, 0.25) is 0 Å². The van der Waals surface area contributed by atoms with Crippen molar-refractivity contribution in [3.8, 4) is 0 Å². The highest BCUT2D eigenvalue weighted by Crippen LogP contribution is 2.55. The van der Waals surface area contributed by atoms with Gasteiger partial charge in [-0.1, -0.05) is 48.5 Å². The summed E-state index contributed by atoms with van der Waals surface area (Å²) in [5, 5.41) is 0. The summed E-state index contributed by atoms with van der Waals surface area (Å²) in [6.45, 7) is 5.33. The molecule has 2 aromatic carbocycles. The molecule has 3 fully saturated rings. The maximum atomic E-state index is 6.48. The van der Waals surface area contributed by atoms with Crippen molar-refractivity contribution >= 4 is 0 Å². The van der Waals surface area contributed by atoms with Gasteiger partial charge in [-0.15, -0.1) is 0 Å². The number of fused-ring (bicyclic) bond motifs is 2. The number of ether oxygens (including phenoxy) is 4. The van der Waals surface area contributed by atoms with Crippen LogP contribution in [0.1, 0.15) is 47.9 Å². The molecular formula is C24H28O4. The van der Waals surface area contributed by atoms with Gasteiger partial charge in [0, 0.05) is 12.8 Å². The van der Waals surface area contributed by atoms with Gasteiger partial charge in [-0.05, 0) is 48.9 Å². The Morgan fingerprint density at radius 3 is 1.54 bits per heavy atom. The summed E-state index contributed by atoms with van der Waals surface area (Å²) < 4.78 is 25.6. The molecule has 5 rings (SSSR count). The Balaban J connectivity index is 1.25. The maximum absolute atomic E-state index is 6.48. The third-order valence-electron chi connectivity index (χ3n) is 6.64. The van der Waals surface area contributed by atoms with Crippen molar-refractivity contribution in [3.63, 3.8) is 0 Å². The monoisotopic (exact) mass is 380 g/mol. The lowest BCUT2D eigenvalue weighted by atomic mass is 9.78. The van der Waals surface area contributed by atoms with E-state index in [0.29, 0.717) is 13.2 Å². The number of rotatable bonds is 6. The summed E-state index contributed by atoms with van der Waals surface area (Å²) in [4.78, 5) is 0. The van der Waals surface area contributed by atoms with E-state index < -0.39 is 11.6 Å². The highest BCUT2D eigenvalue weighted by molar-refractivity contribution is 5.25. The van der Waals surface area contributed by atoms with Gasteiger partial charge in [-0.25, -0.2) is 0 Å². The Kier molecular flexibility index (Phi) is 4.55. The summed E-state index contributed by atoms with van der Waals surface area (Å²) in [6.07, 6.45) is 3.57. The van der Waals surface area contributed by atoms with Crippen molar-refractivity contribution in [3.05, 3.63) is 70.8 Å². The highest BCUT2D eigenvalue weighted by Gasteiger charge is 2.66. The summed E-state index contributed by atoms with van der Waals surface area (Å²) in [5.74, 6) is -1.22. The fourth-order valence-corrected chi connectivity index (χ4v) is 4.39. The van der Waals surface area contributed by atoms with Crippen LogP contribution in [-0.4, -0.2) is 23.8 Å². The van der Waals surface area contributed by atoms with E-state index in [1.54, 1.807) is 0 Å². The molecule has 0 aromatic heterocycles. The lowest BCUT2D eigenvalue weighted by Gasteiger charge is -2.62. The van der Waals surface area contributed by atoms with Gasteiger partial charge in [-0.3, -0.25) is 0 Å². The Morgan fingerprint density at radius 2 is 1.18 bits per heavy atom. The maximum Gasteiger partial charge on any atom is 0.195 e. The van der Waals surface area contributed by atoms with Crippen molar-refractivity contribution in [1.82, 2.24) is 0 Å². The number of hydrogen-bond acceptors (Lipinski definition) is 4. The van der Waals surface area contributed by atoms with E-state index in [-0.39, 0.29) is 12.2 Å². The molecule has 0 radical (unpaired) electrons. The third kappa shape index (κ3) is 3.00. The van der Waals surface area contributed by atoms with Crippen LogP contribution in [0.3, 0.4) is 0 Å². The first-order chi connectivity index (χ1) is 13.6. The van der Waals surface area contributed by atoms with E-state index in [4.69, 9.17) is 18.9 Å². The van der Waals surface area contributed by atoms with E-state index in [2.05, 4.69) is 62.4 Å². The lowest BCUT2D eigenvalue weighted by Crippen LogP contribution is -2.73. The van der Waals surface area contributed by atoms with Gasteiger partial charge >= 0.3 is 0 Å². The first-order valence-corrected chi connectivity index (χ1v) is 10.3. The summed E-state index contributed by atoms with van der Waals surface area (Å²) in [5.41, 5.74) is 4.89. The van der Waals surface area contributed by atoms with Crippen LogP contribution in [-0.2, 0) is 32.2 Å². The molecule has 0 amide bonds. The summed E-state index contributed by atoms with van der Waals surface area (Å²) >= 11 is 0. The Bertz CT molecular complexity index is 794. The summed E-state index contributed by atoms with van der Waals surface area (Å²) in [7, 11) is 0. The molecule has 4 atom stereocenters. The quantitative estimate of drug-likeness (QED) is 0.721. The summed E-state index contributed by atoms with van der Waals surface area (Å²) in [6, 6.07) is 16.7. The average molecular weight is 380 g/mol. The lowest BCUT2D eigenvalue weighted by molar-refractivity contribution is -0.494. The Hall–Kier alpha value is -1.72. The molecular weight excluding hydrogens is 352 g/mol. The third-order valence-corrected chi connectivity index (χ3v) is 6.64. The van der Waals surface area contributed by atoms with Gasteiger partial charge in [0.25, 0.3) is 0 Å². The normalized spacial score (nSPS) is 33.4. The van der Waals surface area contributed by atoms with Crippen LogP contribution < -0.4 is 0 Å². The zero-order valence-corrected chi connectivity index (χ0v) is 16.6. The molecule has 2 aromatic rings. The molecule has 28 heavy (non-hydrogen) atoms. The second kappa shape index (κ2) is 6.96. The van der Waals surface area contributed by atoms with Gasteiger partial charge in [0.05, 0.1) is 13.2 Å². The first-order valence-electron chi connectivity index (χ1n) is 10.3. The average Bonchev–Trinajstić information content (AvgIpc) is 2.68. The predicted molar refractivity (Wildman–Crippen MR) is 106 cm³/mol. The van der Waals surface area contributed by atoms with Gasteiger partial charge < -0.3 is 18.9 Å². The Morgan fingerprint density at radius 1 is 0.750 bits per heavy atom. The molecule has 4 heteroatoms. The number of benzene rings is 2. The fraction of sp³-hybridized carbons (Fsp3) is 0.500. The molecule has 3 aliphatic rings. The SMILES string of the molecule is Cc1ccccc1CO[C@@]12CC[C@@H]1O[C@]1(OCc3ccccc3C)CC[C@@H]1O2. The Labute approximate surface area is 166 Å². The molecule has 0 N–H and O–H groups in total. The number of aryl methyl sites for hydroxylation is 2. The fourth-order valence-electron chi connectivity index (χ4n) is 4.39. The van der Waals surface area contributed by atoms with Crippen molar-refractivity contribution in [1.29, 1.82) is 0 Å². The molecule has 1 heterocycles. The molecule has 148 valence electrons. The molecule has 1 saturated heterocycles. The zero-order chi connectivity index (χ0) is 19.2. The van der Waals surface area contributed by atoms with E-state index in [9.17, 15) is 0 Å². The largest absolute Gasteiger partial charge is 0.343 e. The van der Waals surface area contributed by atoms with E-state index >= 15 is 0 Å². The van der Waals surface area contributed by atoms with Crippen LogP contribution >= 0.6 is 0 Å². The molecule has 0 unspecified atom stereocenters. The van der Waals surface area contributed by atoms with Crippen LogP contribution in [0.4, 0.5) is 0 Å². The molecule has 2 saturated carbocycles. The second-order valence-electron chi connectivity index (χ2n) is 8.34. The van der Waals surface area contributed by atoms with Crippen LogP contribution in [0.15, 0.2) is 48.5 Å².